The second kappa shape index (κ2) is 4.68. The number of anilines is 1. The SMILES string of the molecule is CC1(O)CCN(C(=O)c2sc3nccnc3c2N)CC1. The summed E-state index contributed by atoms with van der Waals surface area (Å²) in [4.78, 5) is 23.8. The van der Waals surface area contributed by atoms with Crippen LogP contribution in [-0.4, -0.2) is 44.6 Å². The van der Waals surface area contributed by atoms with E-state index in [9.17, 15) is 9.90 Å². The molecular formula is C13H16N4O2S. The molecule has 1 fully saturated rings. The minimum absolute atomic E-state index is 0.0946. The third-order valence-corrected chi connectivity index (χ3v) is 4.78. The Morgan fingerprint density at radius 3 is 2.70 bits per heavy atom. The first-order valence-corrected chi connectivity index (χ1v) is 7.30. The number of carbonyl (C=O) groups is 1. The van der Waals surface area contributed by atoms with Gasteiger partial charge in [0.15, 0.2) is 0 Å². The van der Waals surface area contributed by atoms with Crippen LogP contribution in [0.3, 0.4) is 0 Å². The topological polar surface area (TPSA) is 92.3 Å². The van der Waals surface area contributed by atoms with Crippen molar-refractivity contribution in [1.29, 1.82) is 0 Å². The van der Waals surface area contributed by atoms with Crippen molar-refractivity contribution in [2.45, 2.75) is 25.4 Å². The molecule has 0 saturated carbocycles. The first kappa shape index (κ1) is 13.3. The lowest BCUT2D eigenvalue weighted by atomic mass is 9.94. The Bertz CT molecular complexity index is 657. The Labute approximate surface area is 120 Å². The molecule has 0 bridgehead atoms. The monoisotopic (exact) mass is 292 g/mol. The largest absolute Gasteiger partial charge is 0.396 e. The first-order chi connectivity index (χ1) is 9.48. The van der Waals surface area contributed by atoms with E-state index in [0.717, 1.165) is 0 Å². The second-order valence-electron chi connectivity index (χ2n) is 5.34. The number of nitrogen functional groups attached to an aromatic ring is 1. The van der Waals surface area contributed by atoms with Crippen molar-refractivity contribution < 1.29 is 9.90 Å². The Morgan fingerprint density at radius 1 is 1.40 bits per heavy atom. The van der Waals surface area contributed by atoms with Gasteiger partial charge in [0.25, 0.3) is 5.91 Å². The Hall–Kier alpha value is -1.73. The molecule has 1 aliphatic rings. The summed E-state index contributed by atoms with van der Waals surface area (Å²) in [6.07, 6.45) is 4.32. The van der Waals surface area contributed by atoms with Gasteiger partial charge in [0.1, 0.15) is 15.2 Å². The van der Waals surface area contributed by atoms with Crippen molar-refractivity contribution in [3.05, 3.63) is 17.3 Å². The Kier molecular flexibility index (Phi) is 3.10. The smallest absolute Gasteiger partial charge is 0.266 e. The standard InChI is InChI=1S/C13H16N4O2S/c1-13(19)2-6-17(7-3-13)12(18)10-8(14)9-11(20-10)16-5-4-15-9/h4-5,19H,2-3,6-7,14H2,1H3. The van der Waals surface area contributed by atoms with E-state index in [1.165, 1.54) is 11.3 Å². The number of carbonyl (C=O) groups excluding carboxylic acids is 1. The molecule has 0 spiro atoms. The van der Waals surface area contributed by atoms with Crippen molar-refractivity contribution >= 4 is 33.3 Å². The molecule has 20 heavy (non-hydrogen) atoms. The van der Waals surface area contributed by atoms with Crippen LogP contribution in [0.2, 0.25) is 0 Å². The fraction of sp³-hybridized carbons (Fsp3) is 0.462. The summed E-state index contributed by atoms with van der Waals surface area (Å²) >= 11 is 1.27. The minimum Gasteiger partial charge on any atom is -0.396 e. The maximum Gasteiger partial charge on any atom is 0.266 e. The van der Waals surface area contributed by atoms with Gasteiger partial charge in [-0.25, -0.2) is 9.97 Å². The van der Waals surface area contributed by atoms with Gasteiger partial charge >= 0.3 is 0 Å². The highest BCUT2D eigenvalue weighted by molar-refractivity contribution is 7.21. The molecule has 0 aromatic carbocycles. The summed E-state index contributed by atoms with van der Waals surface area (Å²) in [5, 5.41) is 9.93. The number of fused-ring (bicyclic) bond motifs is 1. The van der Waals surface area contributed by atoms with E-state index in [4.69, 9.17) is 5.73 Å². The van der Waals surface area contributed by atoms with E-state index in [1.807, 2.05) is 0 Å². The highest BCUT2D eigenvalue weighted by Crippen LogP contribution is 2.32. The van der Waals surface area contributed by atoms with Crippen LogP contribution in [0.4, 0.5) is 5.69 Å². The minimum atomic E-state index is -0.675. The van der Waals surface area contributed by atoms with E-state index in [1.54, 1.807) is 24.2 Å². The fourth-order valence-corrected chi connectivity index (χ4v) is 3.33. The average Bonchev–Trinajstić information content (AvgIpc) is 2.76. The number of hydrogen-bond acceptors (Lipinski definition) is 6. The Morgan fingerprint density at radius 2 is 2.05 bits per heavy atom. The molecule has 0 radical (unpaired) electrons. The zero-order valence-electron chi connectivity index (χ0n) is 11.2. The second-order valence-corrected chi connectivity index (χ2v) is 6.34. The average molecular weight is 292 g/mol. The van der Waals surface area contributed by atoms with E-state index in [2.05, 4.69) is 9.97 Å². The number of hydrogen-bond donors (Lipinski definition) is 2. The van der Waals surface area contributed by atoms with Gasteiger partial charge in [0.2, 0.25) is 0 Å². The predicted molar refractivity (Wildman–Crippen MR) is 77.6 cm³/mol. The van der Waals surface area contributed by atoms with E-state index in [0.29, 0.717) is 46.8 Å². The number of rotatable bonds is 1. The van der Waals surface area contributed by atoms with Crippen LogP contribution in [0.5, 0.6) is 0 Å². The molecule has 0 aliphatic carbocycles. The molecule has 1 aliphatic heterocycles. The Balaban J connectivity index is 1.88. The van der Waals surface area contributed by atoms with Gasteiger partial charge in [-0.2, -0.15) is 0 Å². The molecule has 2 aromatic rings. The summed E-state index contributed by atoms with van der Waals surface area (Å²) < 4.78 is 0. The number of thiophene rings is 1. The lowest BCUT2D eigenvalue weighted by molar-refractivity contribution is -0.00184. The third kappa shape index (κ3) is 2.23. The predicted octanol–water partition coefficient (Wildman–Crippen LogP) is 1.26. The maximum atomic E-state index is 12.5. The lowest BCUT2D eigenvalue weighted by Crippen LogP contribution is -2.45. The van der Waals surface area contributed by atoms with Crippen LogP contribution < -0.4 is 5.73 Å². The quantitative estimate of drug-likeness (QED) is 0.825. The highest BCUT2D eigenvalue weighted by atomic mass is 32.1. The molecule has 3 N–H and O–H groups in total. The number of nitrogens with zero attached hydrogens (tertiary/aromatic N) is 3. The zero-order chi connectivity index (χ0) is 14.3. The summed E-state index contributed by atoms with van der Waals surface area (Å²) in [5.74, 6) is -0.0946. The van der Waals surface area contributed by atoms with Crippen molar-refractivity contribution in [3.8, 4) is 0 Å². The van der Waals surface area contributed by atoms with Gasteiger partial charge in [-0.3, -0.25) is 4.79 Å². The summed E-state index contributed by atoms with van der Waals surface area (Å²) in [6.45, 7) is 2.89. The molecule has 1 saturated heterocycles. The van der Waals surface area contributed by atoms with Gasteiger partial charge in [0, 0.05) is 25.5 Å². The van der Waals surface area contributed by atoms with Gasteiger partial charge in [-0.05, 0) is 19.8 Å². The first-order valence-electron chi connectivity index (χ1n) is 6.48. The number of nitrogens with two attached hydrogens (primary N) is 1. The van der Waals surface area contributed by atoms with Crippen LogP contribution in [0.25, 0.3) is 10.3 Å². The molecule has 106 valence electrons. The molecule has 7 heteroatoms. The molecule has 0 atom stereocenters. The van der Waals surface area contributed by atoms with Crippen LogP contribution in [-0.2, 0) is 0 Å². The van der Waals surface area contributed by atoms with E-state index in [-0.39, 0.29) is 5.91 Å². The van der Waals surface area contributed by atoms with Crippen LogP contribution in [0, 0.1) is 0 Å². The zero-order valence-corrected chi connectivity index (χ0v) is 12.0. The van der Waals surface area contributed by atoms with Crippen molar-refractivity contribution in [2.24, 2.45) is 0 Å². The van der Waals surface area contributed by atoms with Crippen molar-refractivity contribution in [3.63, 3.8) is 0 Å². The molecule has 6 nitrogen and oxygen atoms in total. The van der Waals surface area contributed by atoms with Crippen molar-refractivity contribution in [1.82, 2.24) is 14.9 Å². The molecule has 2 aromatic heterocycles. The fourth-order valence-electron chi connectivity index (χ4n) is 2.34. The number of likely N-dealkylation sites (tertiary alicyclic amines) is 1. The van der Waals surface area contributed by atoms with Crippen LogP contribution in [0.15, 0.2) is 12.4 Å². The van der Waals surface area contributed by atoms with Gasteiger partial charge in [0.05, 0.1) is 11.3 Å². The van der Waals surface area contributed by atoms with Gasteiger partial charge in [-0.15, -0.1) is 11.3 Å². The number of aromatic nitrogens is 2. The lowest BCUT2D eigenvalue weighted by Gasteiger charge is -2.35. The number of amides is 1. The molecule has 0 unspecified atom stereocenters. The van der Waals surface area contributed by atoms with Gasteiger partial charge < -0.3 is 15.7 Å². The van der Waals surface area contributed by atoms with E-state index >= 15 is 0 Å². The normalized spacial score (nSPS) is 18.4. The molecule has 3 heterocycles. The highest BCUT2D eigenvalue weighted by Gasteiger charge is 2.31. The van der Waals surface area contributed by atoms with Crippen LogP contribution in [0.1, 0.15) is 29.4 Å². The third-order valence-electron chi connectivity index (χ3n) is 3.69. The van der Waals surface area contributed by atoms with Crippen molar-refractivity contribution in [2.75, 3.05) is 18.8 Å². The summed E-state index contributed by atoms with van der Waals surface area (Å²) in [7, 11) is 0. The summed E-state index contributed by atoms with van der Waals surface area (Å²) in [5.41, 5.74) is 6.33. The number of piperidine rings is 1. The maximum absolute atomic E-state index is 12.5. The van der Waals surface area contributed by atoms with Crippen LogP contribution >= 0.6 is 11.3 Å². The molecular weight excluding hydrogens is 276 g/mol. The molecule has 3 rings (SSSR count). The van der Waals surface area contributed by atoms with Gasteiger partial charge in [-0.1, -0.05) is 0 Å². The van der Waals surface area contributed by atoms with E-state index < -0.39 is 5.60 Å². The number of aliphatic hydroxyl groups is 1. The molecule has 1 amide bonds. The summed E-state index contributed by atoms with van der Waals surface area (Å²) in [6, 6.07) is 0.